The fourth-order valence-electron chi connectivity index (χ4n) is 4.26. The van der Waals surface area contributed by atoms with Crippen molar-refractivity contribution in [3.63, 3.8) is 0 Å². The van der Waals surface area contributed by atoms with Crippen LogP contribution in [0.3, 0.4) is 0 Å². The van der Waals surface area contributed by atoms with Gasteiger partial charge in [-0.3, -0.25) is 5.41 Å². The summed E-state index contributed by atoms with van der Waals surface area (Å²) in [6, 6.07) is 28.9. The number of hydrogen-bond acceptors (Lipinski definition) is 6. The van der Waals surface area contributed by atoms with E-state index in [0.29, 0.717) is 29.6 Å². The van der Waals surface area contributed by atoms with Crippen LogP contribution in [0.5, 0.6) is 11.5 Å². The van der Waals surface area contributed by atoms with Gasteiger partial charge in [-0.15, -0.1) is 0 Å². The molecule has 41 heavy (non-hydrogen) atoms. The zero-order valence-corrected chi connectivity index (χ0v) is 24.2. The van der Waals surface area contributed by atoms with E-state index in [9.17, 15) is 8.42 Å². The summed E-state index contributed by atoms with van der Waals surface area (Å²) in [7, 11) is -2.20. The minimum absolute atomic E-state index is 0.0276. The van der Waals surface area contributed by atoms with E-state index in [4.69, 9.17) is 20.6 Å². The third-order valence-corrected chi connectivity index (χ3v) is 8.14. The minimum Gasteiger partial charge on any atom is -0.493 e. The summed E-state index contributed by atoms with van der Waals surface area (Å²) < 4.78 is 40.8. The van der Waals surface area contributed by atoms with Crippen molar-refractivity contribution >= 4 is 21.5 Å². The molecule has 1 atom stereocenters. The van der Waals surface area contributed by atoms with E-state index in [0.717, 1.165) is 22.4 Å². The molecule has 0 saturated carbocycles. The van der Waals surface area contributed by atoms with Crippen LogP contribution in [-0.4, -0.2) is 27.9 Å². The Kier molecular flexibility index (Phi) is 9.65. The van der Waals surface area contributed by atoms with Gasteiger partial charge in [-0.2, -0.15) is 0 Å². The molecule has 8 nitrogen and oxygen atoms in total. The Morgan fingerprint density at radius 3 is 2.15 bits per heavy atom. The molecule has 5 N–H and O–H groups in total. The molecule has 0 aliphatic carbocycles. The summed E-state index contributed by atoms with van der Waals surface area (Å²) in [5, 5.41) is 11.0. The van der Waals surface area contributed by atoms with Crippen LogP contribution >= 0.6 is 0 Å². The van der Waals surface area contributed by atoms with Gasteiger partial charge in [0.15, 0.2) is 11.5 Å². The van der Waals surface area contributed by atoms with E-state index < -0.39 is 16.1 Å². The molecule has 9 heteroatoms. The van der Waals surface area contributed by atoms with Gasteiger partial charge in [-0.05, 0) is 71.1 Å². The number of nitrogens with two attached hydrogens (primary N) is 1. The number of rotatable bonds is 13. The summed E-state index contributed by atoms with van der Waals surface area (Å²) >= 11 is 0. The Hall–Kier alpha value is -4.34. The fourth-order valence-corrected chi connectivity index (χ4v) is 5.31. The van der Waals surface area contributed by atoms with Crippen molar-refractivity contribution in [1.29, 1.82) is 5.41 Å². The van der Waals surface area contributed by atoms with Crippen molar-refractivity contribution in [2.45, 2.75) is 37.3 Å². The summed E-state index contributed by atoms with van der Waals surface area (Å²) in [5.41, 5.74) is 9.83. The zero-order valence-electron chi connectivity index (χ0n) is 23.4. The van der Waals surface area contributed by atoms with E-state index in [1.165, 1.54) is 0 Å². The Labute approximate surface area is 242 Å². The molecule has 0 aliphatic rings. The molecule has 4 aromatic rings. The largest absolute Gasteiger partial charge is 0.493 e. The topological polar surface area (TPSA) is 127 Å². The van der Waals surface area contributed by atoms with Gasteiger partial charge in [0.25, 0.3) is 0 Å². The molecule has 0 amide bonds. The van der Waals surface area contributed by atoms with Gasteiger partial charge < -0.3 is 20.5 Å². The van der Waals surface area contributed by atoms with E-state index >= 15 is 0 Å². The number of amidine groups is 1. The minimum atomic E-state index is -3.77. The molecular formula is C32H36N4O4S. The lowest BCUT2D eigenvalue weighted by Crippen LogP contribution is -2.31. The number of benzene rings is 4. The van der Waals surface area contributed by atoms with Crippen LogP contribution in [0.2, 0.25) is 0 Å². The van der Waals surface area contributed by atoms with Crippen molar-refractivity contribution in [3.05, 3.63) is 119 Å². The molecule has 4 aromatic carbocycles. The van der Waals surface area contributed by atoms with Crippen LogP contribution in [0.25, 0.3) is 0 Å². The van der Waals surface area contributed by atoms with E-state index in [1.807, 2.05) is 60.7 Å². The third kappa shape index (κ3) is 7.87. The number of nitrogens with one attached hydrogen (secondary N) is 3. The molecular weight excluding hydrogens is 536 g/mol. The van der Waals surface area contributed by atoms with Crippen LogP contribution in [-0.2, 0) is 16.6 Å². The summed E-state index contributed by atoms with van der Waals surface area (Å²) in [4.78, 5) is 0.203. The van der Waals surface area contributed by atoms with E-state index in [-0.39, 0.29) is 17.3 Å². The molecule has 0 bridgehead atoms. The lowest BCUT2D eigenvalue weighted by molar-refractivity contribution is 0.284. The quantitative estimate of drug-likeness (QED) is 0.118. The Bertz CT molecular complexity index is 1560. The molecule has 214 valence electrons. The van der Waals surface area contributed by atoms with Crippen molar-refractivity contribution in [1.82, 2.24) is 4.72 Å². The van der Waals surface area contributed by atoms with Crippen molar-refractivity contribution in [2.24, 2.45) is 5.73 Å². The highest BCUT2D eigenvalue weighted by atomic mass is 32.2. The molecule has 0 saturated heterocycles. The standard InChI is InChI=1S/C32H36N4O4S/c1-22(2)24-11-16-28(17-12-24)41(37,38)35-20-29(36-27-14-9-25(10-15-27)32(33)34)26-13-18-30(31(19-26)39-3)40-21-23-7-5-4-6-8-23/h4-19,22,29,35-36H,20-21H2,1-3H3,(H3,33,34). The number of ether oxygens (including phenoxy) is 2. The maximum atomic E-state index is 13.2. The molecule has 0 spiro atoms. The van der Waals surface area contributed by atoms with Crippen LogP contribution in [0, 0.1) is 5.41 Å². The zero-order chi connectivity index (χ0) is 29.4. The lowest BCUT2D eigenvalue weighted by Gasteiger charge is -2.23. The molecule has 0 fully saturated rings. The first-order chi connectivity index (χ1) is 19.7. The second-order valence-corrected chi connectivity index (χ2v) is 11.7. The van der Waals surface area contributed by atoms with Crippen molar-refractivity contribution in [3.8, 4) is 11.5 Å². The summed E-state index contributed by atoms with van der Waals surface area (Å²) in [6.07, 6.45) is 0. The van der Waals surface area contributed by atoms with Crippen molar-refractivity contribution < 1.29 is 17.9 Å². The molecule has 4 rings (SSSR count). The van der Waals surface area contributed by atoms with Gasteiger partial charge >= 0.3 is 0 Å². The predicted octanol–water partition coefficient (Wildman–Crippen LogP) is 5.81. The number of methoxy groups -OCH3 is 1. The maximum Gasteiger partial charge on any atom is 0.240 e. The lowest BCUT2D eigenvalue weighted by atomic mass is 10.0. The fraction of sp³-hybridized carbons (Fsp3) is 0.219. The van der Waals surface area contributed by atoms with E-state index in [1.54, 1.807) is 43.5 Å². The van der Waals surface area contributed by atoms with Gasteiger partial charge in [0.1, 0.15) is 12.4 Å². The Morgan fingerprint density at radius 1 is 0.878 bits per heavy atom. The third-order valence-electron chi connectivity index (χ3n) is 6.70. The maximum absolute atomic E-state index is 13.2. The monoisotopic (exact) mass is 572 g/mol. The molecule has 0 radical (unpaired) electrons. The number of hydrogen-bond donors (Lipinski definition) is 4. The van der Waals surface area contributed by atoms with Gasteiger partial charge in [0, 0.05) is 17.8 Å². The predicted molar refractivity (Wildman–Crippen MR) is 163 cm³/mol. The summed E-state index contributed by atoms with van der Waals surface area (Å²) in [6.45, 7) is 4.58. The van der Waals surface area contributed by atoms with Gasteiger partial charge in [0.05, 0.1) is 18.0 Å². The van der Waals surface area contributed by atoms with Crippen LogP contribution < -0.4 is 25.2 Å². The second-order valence-electron chi connectivity index (χ2n) is 9.95. The Morgan fingerprint density at radius 2 is 1.54 bits per heavy atom. The SMILES string of the molecule is COc1cc(C(CNS(=O)(=O)c2ccc(C(C)C)cc2)Nc2ccc(C(=N)N)cc2)ccc1OCc1ccccc1. The number of anilines is 1. The normalized spacial score (nSPS) is 12.1. The highest BCUT2D eigenvalue weighted by Crippen LogP contribution is 2.32. The first-order valence-corrected chi connectivity index (χ1v) is 14.8. The second kappa shape index (κ2) is 13.3. The molecule has 0 aromatic heterocycles. The number of nitrogen functional groups attached to an aromatic ring is 1. The highest BCUT2D eigenvalue weighted by molar-refractivity contribution is 7.89. The smallest absolute Gasteiger partial charge is 0.240 e. The average molecular weight is 573 g/mol. The summed E-state index contributed by atoms with van der Waals surface area (Å²) in [5.74, 6) is 1.39. The Balaban J connectivity index is 1.58. The van der Waals surface area contributed by atoms with Gasteiger partial charge in [-0.1, -0.05) is 62.4 Å². The first-order valence-electron chi connectivity index (χ1n) is 13.3. The van der Waals surface area contributed by atoms with Crippen LogP contribution in [0.15, 0.2) is 102 Å². The van der Waals surface area contributed by atoms with Crippen LogP contribution in [0.4, 0.5) is 5.69 Å². The first kappa shape index (κ1) is 29.6. The van der Waals surface area contributed by atoms with Gasteiger partial charge in [0.2, 0.25) is 10.0 Å². The average Bonchev–Trinajstić information content (AvgIpc) is 2.99. The molecule has 1 unspecified atom stereocenters. The van der Waals surface area contributed by atoms with Crippen LogP contribution in [0.1, 0.15) is 48.1 Å². The highest BCUT2D eigenvalue weighted by Gasteiger charge is 2.20. The van der Waals surface area contributed by atoms with E-state index in [2.05, 4.69) is 23.9 Å². The molecule has 0 heterocycles. The number of sulfonamides is 1. The van der Waals surface area contributed by atoms with Gasteiger partial charge in [-0.25, -0.2) is 13.1 Å². The van der Waals surface area contributed by atoms with Crippen molar-refractivity contribution in [2.75, 3.05) is 19.0 Å². The molecule has 0 aliphatic heterocycles.